The number of carbonyl (C=O) groups is 2. The van der Waals surface area contributed by atoms with E-state index in [0.717, 1.165) is 0 Å². The molecule has 1 aromatic rings. The summed E-state index contributed by atoms with van der Waals surface area (Å²) in [7, 11) is 1.34. The first-order chi connectivity index (χ1) is 7.04. The zero-order chi connectivity index (χ0) is 11.4. The molecule has 0 aromatic carbocycles. The average Bonchev–Trinajstić information content (AvgIpc) is 2.61. The van der Waals surface area contributed by atoms with Crippen molar-refractivity contribution < 1.29 is 29.1 Å². The van der Waals surface area contributed by atoms with E-state index in [1.165, 1.54) is 13.2 Å². The number of aromatic nitrogens is 1. The smallest absolute Gasteiger partial charge is 0.314 e. The molecular weight excluding hydrogens is 206 g/mol. The highest BCUT2D eigenvalue weighted by Gasteiger charge is 2.27. The molecular formula is C8H9NO6. The summed E-state index contributed by atoms with van der Waals surface area (Å²) in [5.41, 5.74) is 0. The molecule has 82 valence electrons. The summed E-state index contributed by atoms with van der Waals surface area (Å²) >= 11 is 0. The number of methoxy groups -OCH3 is 1. The predicted molar refractivity (Wildman–Crippen MR) is 45.7 cm³/mol. The third-order valence-corrected chi connectivity index (χ3v) is 1.74. The molecule has 1 aromatic heterocycles. The molecule has 0 aliphatic carbocycles. The van der Waals surface area contributed by atoms with Crippen molar-refractivity contribution in [3.05, 3.63) is 11.8 Å². The predicted octanol–water partition coefficient (Wildman–Crippen LogP) is 0.326. The minimum Gasteiger partial charge on any atom is -0.481 e. The molecule has 7 heteroatoms. The highest BCUT2D eigenvalue weighted by atomic mass is 16.5. The van der Waals surface area contributed by atoms with Crippen molar-refractivity contribution in [1.82, 2.24) is 5.16 Å². The number of rotatable bonds is 5. The first-order valence-electron chi connectivity index (χ1n) is 3.99. The summed E-state index contributed by atoms with van der Waals surface area (Å²) in [6, 6.07) is 1.25. The Hall–Kier alpha value is -2.05. The van der Waals surface area contributed by atoms with Crippen LogP contribution in [0.4, 0.5) is 0 Å². The van der Waals surface area contributed by atoms with Gasteiger partial charge in [-0.15, -0.1) is 0 Å². The molecule has 0 amide bonds. The molecule has 0 aliphatic heterocycles. The van der Waals surface area contributed by atoms with Crippen molar-refractivity contribution >= 4 is 11.9 Å². The summed E-state index contributed by atoms with van der Waals surface area (Å²) < 4.78 is 9.35. The minimum absolute atomic E-state index is 0.0400. The van der Waals surface area contributed by atoms with Gasteiger partial charge in [-0.3, -0.25) is 9.59 Å². The van der Waals surface area contributed by atoms with Gasteiger partial charge in [0.1, 0.15) is 5.92 Å². The van der Waals surface area contributed by atoms with E-state index in [1.807, 2.05) is 0 Å². The van der Waals surface area contributed by atoms with E-state index in [2.05, 4.69) is 14.4 Å². The van der Waals surface area contributed by atoms with E-state index >= 15 is 0 Å². The minimum atomic E-state index is -1.28. The Balaban J connectivity index is 2.88. The maximum Gasteiger partial charge on any atom is 0.314 e. The third kappa shape index (κ3) is 2.70. The lowest BCUT2D eigenvalue weighted by Gasteiger charge is -2.03. The first kappa shape index (κ1) is 11.0. The van der Waals surface area contributed by atoms with E-state index in [0.29, 0.717) is 0 Å². The number of hydrogen-bond acceptors (Lipinski definition) is 5. The van der Waals surface area contributed by atoms with Gasteiger partial charge in [0.25, 0.3) is 5.88 Å². The van der Waals surface area contributed by atoms with Gasteiger partial charge in [-0.25, -0.2) is 0 Å². The Bertz CT molecular complexity index is 371. The van der Waals surface area contributed by atoms with Gasteiger partial charge < -0.3 is 19.5 Å². The second kappa shape index (κ2) is 4.45. The lowest BCUT2D eigenvalue weighted by atomic mass is 10.0. The summed E-state index contributed by atoms with van der Waals surface area (Å²) in [6.45, 7) is 0. The van der Waals surface area contributed by atoms with Crippen LogP contribution in [0.3, 0.4) is 0 Å². The normalized spacial score (nSPS) is 12.1. The monoisotopic (exact) mass is 215 g/mol. The second-order valence-electron chi connectivity index (χ2n) is 2.76. The highest BCUT2D eigenvalue weighted by Crippen LogP contribution is 2.23. The fourth-order valence-electron chi connectivity index (χ4n) is 1.02. The molecule has 0 saturated heterocycles. The summed E-state index contributed by atoms with van der Waals surface area (Å²) in [5.74, 6) is -3.68. The van der Waals surface area contributed by atoms with Crippen LogP contribution in [0, 0.1) is 0 Å². The molecule has 0 saturated carbocycles. The van der Waals surface area contributed by atoms with Crippen LogP contribution in [0.1, 0.15) is 18.1 Å². The molecule has 1 atom stereocenters. The summed E-state index contributed by atoms with van der Waals surface area (Å²) in [5, 5.41) is 20.7. The van der Waals surface area contributed by atoms with Crippen molar-refractivity contribution in [2.45, 2.75) is 12.3 Å². The standard InChI is InChI=1S/C8H9NO6/c1-14-6-3-5(15-9-6)4(8(12)13)2-7(10)11/h3-4H,2H2,1H3,(H,10,11)(H,12,13). The van der Waals surface area contributed by atoms with Crippen molar-refractivity contribution in [2.24, 2.45) is 0 Å². The van der Waals surface area contributed by atoms with E-state index in [-0.39, 0.29) is 11.6 Å². The number of aliphatic carboxylic acids is 2. The quantitative estimate of drug-likeness (QED) is 0.727. The summed E-state index contributed by atoms with van der Waals surface area (Å²) in [6.07, 6.45) is -0.562. The largest absolute Gasteiger partial charge is 0.481 e. The zero-order valence-electron chi connectivity index (χ0n) is 7.84. The van der Waals surface area contributed by atoms with E-state index < -0.39 is 24.3 Å². The van der Waals surface area contributed by atoms with Gasteiger partial charge >= 0.3 is 11.9 Å². The molecule has 1 rings (SSSR count). The van der Waals surface area contributed by atoms with Gasteiger partial charge in [0, 0.05) is 6.07 Å². The van der Waals surface area contributed by atoms with Crippen molar-refractivity contribution in [3.63, 3.8) is 0 Å². The molecule has 0 fully saturated rings. The van der Waals surface area contributed by atoms with Gasteiger partial charge in [-0.2, -0.15) is 0 Å². The van der Waals surface area contributed by atoms with Crippen molar-refractivity contribution in [3.8, 4) is 5.88 Å². The van der Waals surface area contributed by atoms with Gasteiger partial charge in [-0.1, -0.05) is 0 Å². The lowest BCUT2D eigenvalue weighted by Crippen LogP contribution is -2.15. The molecule has 1 unspecified atom stereocenters. The molecule has 2 N–H and O–H groups in total. The fraction of sp³-hybridized carbons (Fsp3) is 0.375. The number of carboxylic acid groups (broad SMARTS) is 2. The van der Waals surface area contributed by atoms with E-state index in [1.54, 1.807) is 0 Å². The highest BCUT2D eigenvalue weighted by molar-refractivity contribution is 5.81. The molecule has 7 nitrogen and oxygen atoms in total. The SMILES string of the molecule is COc1cc(C(CC(=O)O)C(=O)O)on1. The van der Waals surface area contributed by atoms with Crippen LogP contribution in [0.5, 0.6) is 5.88 Å². The van der Waals surface area contributed by atoms with E-state index in [4.69, 9.17) is 10.2 Å². The molecule has 0 radical (unpaired) electrons. The van der Waals surface area contributed by atoms with Crippen LogP contribution in [-0.2, 0) is 9.59 Å². The van der Waals surface area contributed by atoms with Crippen LogP contribution >= 0.6 is 0 Å². The molecule has 1 heterocycles. The van der Waals surface area contributed by atoms with Crippen LogP contribution in [0.25, 0.3) is 0 Å². The Morgan fingerprint density at radius 3 is 2.67 bits per heavy atom. The number of carboxylic acids is 2. The van der Waals surface area contributed by atoms with Crippen LogP contribution in [0.15, 0.2) is 10.6 Å². The van der Waals surface area contributed by atoms with Crippen molar-refractivity contribution in [2.75, 3.05) is 7.11 Å². The Labute approximate surface area is 84.2 Å². The third-order valence-electron chi connectivity index (χ3n) is 1.74. The topological polar surface area (TPSA) is 110 Å². The lowest BCUT2D eigenvalue weighted by molar-refractivity contribution is -0.145. The van der Waals surface area contributed by atoms with Gasteiger partial charge in [0.2, 0.25) is 0 Å². The van der Waals surface area contributed by atoms with Gasteiger partial charge in [-0.05, 0) is 5.16 Å². The second-order valence-corrected chi connectivity index (χ2v) is 2.76. The number of ether oxygens (including phenoxy) is 1. The van der Waals surface area contributed by atoms with Crippen LogP contribution < -0.4 is 4.74 Å². The Kier molecular flexibility index (Phi) is 3.27. The maximum atomic E-state index is 10.7. The summed E-state index contributed by atoms with van der Waals surface area (Å²) in [4.78, 5) is 21.1. The van der Waals surface area contributed by atoms with Crippen LogP contribution in [0.2, 0.25) is 0 Å². The van der Waals surface area contributed by atoms with Gasteiger partial charge in [0.05, 0.1) is 13.5 Å². The Morgan fingerprint density at radius 1 is 1.60 bits per heavy atom. The number of nitrogens with zero attached hydrogens (tertiary/aromatic N) is 1. The first-order valence-corrected chi connectivity index (χ1v) is 3.99. The molecule has 0 aliphatic rings. The average molecular weight is 215 g/mol. The Morgan fingerprint density at radius 2 is 2.27 bits per heavy atom. The molecule has 0 spiro atoms. The molecule has 15 heavy (non-hydrogen) atoms. The molecule has 0 bridgehead atoms. The zero-order valence-corrected chi connectivity index (χ0v) is 7.84. The fourth-order valence-corrected chi connectivity index (χ4v) is 1.02. The van der Waals surface area contributed by atoms with Crippen molar-refractivity contribution in [1.29, 1.82) is 0 Å². The maximum absolute atomic E-state index is 10.7. The number of hydrogen-bond donors (Lipinski definition) is 2. The van der Waals surface area contributed by atoms with E-state index in [9.17, 15) is 9.59 Å². The van der Waals surface area contributed by atoms with Crippen LogP contribution in [-0.4, -0.2) is 34.4 Å². The van der Waals surface area contributed by atoms with Gasteiger partial charge in [0.15, 0.2) is 5.76 Å².